The topological polar surface area (TPSA) is 43.9 Å². The molecule has 1 heterocycles. The zero-order chi connectivity index (χ0) is 5.82. The van der Waals surface area contributed by atoms with Crippen molar-refractivity contribution in [1.82, 2.24) is 0 Å². The van der Waals surface area contributed by atoms with E-state index < -0.39 is 0 Å². The zero-order valence-electron chi connectivity index (χ0n) is 4.19. The molecule has 0 aliphatic carbocycles. The molecule has 0 atom stereocenters. The second kappa shape index (κ2) is 2.26. The van der Waals surface area contributed by atoms with E-state index in [4.69, 9.17) is 5.53 Å². The van der Waals surface area contributed by atoms with Gasteiger partial charge in [-0.05, 0) is 12.2 Å². The molecule has 42 valence electrons. The lowest BCUT2D eigenvalue weighted by atomic mass is 10.3. The van der Waals surface area contributed by atoms with Gasteiger partial charge < -0.3 is 15.4 Å². The fraction of sp³-hybridized carbons (Fsp3) is 0.200. The highest BCUT2D eigenvalue weighted by Gasteiger charge is 1.93. The van der Waals surface area contributed by atoms with Crippen LogP contribution >= 0.6 is 0 Å². The lowest BCUT2D eigenvalue weighted by Crippen LogP contribution is -1.95. The molecule has 1 aliphatic heterocycles. The lowest BCUT2D eigenvalue weighted by Gasteiger charge is -2.06. The first kappa shape index (κ1) is 5.03. The Bertz CT molecular complexity index is 127. The third-order valence-corrected chi connectivity index (χ3v) is 0.842. The van der Waals surface area contributed by atoms with Crippen LogP contribution in [0.5, 0.6) is 0 Å². The number of hydrogen-bond donors (Lipinski definition) is 0. The largest absolute Gasteiger partial charge is 0.711 e. The standard InChI is InChI=1S/C5H5N2O/c6-7-5-1-3-8-4-2-5/h1-5H/q-1. The Morgan fingerprint density at radius 3 is 2.38 bits per heavy atom. The maximum Gasteiger partial charge on any atom is 0.0885 e. The summed E-state index contributed by atoms with van der Waals surface area (Å²) in [6.45, 7) is 0. The summed E-state index contributed by atoms with van der Waals surface area (Å²) in [6, 6.07) is -0.219. The minimum Gasteiger partial charge on any atom is -0.711 e. The summed E-state index contributed by atoms with van der Waals surface area (Å²) >= 11 is 0. The monoisotopic (exact) mass is 109 g/mol. The molecule has 3 nitrogen and oxygen atoms in total. The highest BCUT2D eigenvalue weighted by Crippen LogP contribution is 2.01. The molecule has 0 saturated carbocycles. The van der Waals surface area contributed by atoms with E-state index in [1.165, 1.54) is 12.5 Å². The average Bonchev–Trinajstić information content (AvgIpc) is 1.90. The molecule has 1 rings (SSSR count). The van der Waals surface area contributed by atoms with Crippen LogP contribution in [0.2, 0.25) is 0 Å². The van der Waals surface area contributed by atoms with Crippen LogP contribution in [-0.2, 0) is 4.74 Å². The van der Waals surface area contributed by atoms with Crippen LogP contribution in [0.15, 0.2) is 29.8 Å². The van der Waals surface area contributed by atoms with Crippen molar-refractivity contribution in [3.8, 4) is 0 Å². The van der Waals surface area contributed by atoms with Crippen molar-refractivity contribution in [1.29, 1.82) is 0 Å². The Morgan fingerprint density at radius 2 is 2.00 bits per heavy atom. The summed E-state index contributed by atoms with van der Waals surface area (Å²) in [5, 5.41) is 2.99. The average molecular weight is 109 g/mol. The molecule has 0 aromatic rings. The Morgan fingerprint density at radius 1 is 1.38 bits per heavy atom. The van der Waals surface area contributed by atoms with Gasteiger partial charge in [-0.3, -0.25) is 0 Å². The van der Waals surface area contributed by atoms with E-state index in [1.54, 1.807) is 12.2 Å². The van der Waals surface area contributed by atoms with E-state index in [-0.39, 0.29) is 6.04 Å². The molecule has 0 radical (unpaired) electrons. The summed E-state index contributed by atoms with van der Waals surface area (Å²) < 4.78 is 4.67. The minimum atomic E-state index is -0.219. The maximum atomic E-state index is 8.16. The van der Waals surface area contributed by atoms with E-state index in [0.29, 0.717) is 0 Å². The Hall–Kier alpha value is -1.12. The third kappa shape index (κ3) is 0.932. The van der Waals surface area contributed by atoms with Gasteiger partial charge >= 0.3 is 0 Å². The lowest BCUT2D eigenvalue weighted by molar-refractivity contribution is 0.390. The first-order chi connectivity index (χ1) is 3.93. The molecule has 0 spiro atoms. The predicted octanol–water partition coefficient (Wildman–Crippen LogP) is 1.43. The molecule has 0 fully saturated rings. The van der Waals surface area contributed by atoms with Crippen molar-refractivity contribution in [2.75, 3.05) is 0 Å². The van der Waals surface area contributed by atoms with Crippen LogP contribution in [-0.4, -0.2) is 6.04 Å². The molecular formula is C5H5N2O-. The second-order valence-corrected chi connectivity index (χ2v) is 1.40. The molecule has 0 unspecified atom stereocenters. The van der Waals surface area contributed by atoms with Crippen LogP contribution < -0.4 is 0 Å². The molecule has 1 aliphatic rings. The van der Waals surface area contributed by atoms with Gasteiger partial charge in [0, 0.05) is 0 Å². The smallest absolute Gasteiger partial charge is 0.0885 e. The van der Waals surface area contributed by atoms with Gasteiger partial charge in [-0.15, -0.1) is 0 Å². The molecule has 0 aromatic heterocycles. The SMILES string of the molecule is [N-]=NC1C=COC=C1. The summed E-state index contributed by atoms with van der Waals surface area (Å²) in [5.41, 5.74) is 8.16. The highest BCUT2D eigenvalue weighted by molar-refractivity contribution is 5.06. The molecule has 0 N–H and O–H groups in total. The van der Waals surface area contributed by atoms with E-state index in [1.807, 2.05) is 0 Å². The van der Waals surface area contributed by atoms with Crippen molar-refractivity contribution in [2.24, 2.45) is 5.11 Å². The zero-order valence-corrected chi connectivity index (χ0v) is 4.19. The van der Waals surface area contributed by atoms with E-state index >= 15 is 0 Å². The van der Waals surface area contributed by atoms with Crippen LogP contribution in [0.1, 0.15) is 0 Å². The molecule has 0 amide bonds. The van der Waals surface area contributed by atoms with Gasteiger partial charge in [0.05, 0.1) is 18.6 Å². The Kier molecular flexibility index (Phi) is 1.42. The van der Waals surface area contributed by atoms with E-state index in [2.05, 4.69) is 9.85 Å². The number of rotatable bonds is 1. The van der Waals surface area contributed by atoms with Crippen molar-refractivity contribution < 1.29 is 4.74 Å². The van der Waals surface area contributed by atoms with Crippen molar-refractivity contribution >= 4 is 0 Å². The predicted molar refractivity (Wildman–Crippen MR) is 28.9 cm³/mol. The van der Waals surface area contributed by atoms with Crippen LogP contribution in [0, 0.1) is 0 Å². The van der Waals surface area contributed by atoms with Crippen LogP contribution in [0.4, 0.5) is 0 Å². The van der Waals surface area contributed by atoms with Gasteiger partial charge in [0.25, 0.3) is 0 Å². The van der Waals surface area contributed by atoms with E-state index in [9.17, 15) is 0 Å². The molecule has 0 bridgehead atoms. The number of hydrogen-bond acceptors (Lipinski definition) is 2. The van der Waals surface area contributed by atoms with Crippen molar-refractivity contribution in [3.63, 3.8) is 0 Å². The molecular weight excluding hydrogens is 104 g/mol. The van der Waals surface area contributed by atoms with Gasteiger partial charge in [-0.1, -0.05) is 0 Å². The van der Waals surface area contributed by atoms with Gasteiger partial charge in [-0.2, -0.15) is 0 Å². The van der Waals surface area contributed by atoms with Crippen LogP contribution in [0.25, 0.3) is 5.53 Å². The highest BCUT2D eigenvalue weighted by atomic mass is 16.5. The maximum absolute atomic E-state index is 8.16. The van der Waals surface area contributed by atoms with Gasteiger partial charge in [0.1, 0.15) is 0 Å². The first-order valence-electron chi connectivity index (χ1n) is 2.26. The minimum absolute atomic E-state index is 0.219. The number of nitrogens with zero attached hydrogens (tertiary/aromatic N) is 2. The van der Waals surface area contributed by atoms with Crippen molar-refractivity contribution in [3.05, 3.63) is 30.2 Å². The fourth-order valence-electron chi connectivity index (χ4n) is 0.438. The summed E-state index contributed by atoms with van der Waals surface area (Å²) in [5.74, 6) is 0. The summed E-state index contributed by atoms with van der Waals surface area (Å²) in [6.07, 6.45) is 6.23. The van der Waals surface area contributed by atoms with Crippen molar-refractivity contribution in [2.45, 2.75) is 6.04 Å². The summed E-state index contributed by atoms with van der Waals surface area (Å²) in [7, 11) is 0. The molecule has 8 heavy (non-hydrogen) atoms. The van der Waals surface area contributed by atoms with Crippen LogP contribution in [0.3, 0.4) is 0 Å². The third-order valence-electron chi connectivity index (χ3n) is 0.842. The summed E-state index contributed by atoms with van der Waals surface area (Å²) in [4.78, 5) is 0. The molecule has 3 heteroatoms. The van der Waals surface area contributed by atoms with E-state index in [0.717, 1.165) is 0 Å². The van der Waals surface area contributed by atoms with Gasteiger partial charge in [0.15, 0.2) is 0 Å². The van der Waals surface area contributed by atoms with Gasteiger partial charge in [-0.25, -0.2) is 0 Å². The Labute approximate surface area is 47.2 Å². The quantitative estimate of drug-likeness (QED) is 0.470. The fourth-order valence-corrected chi connectivity index (χ4v) is 0.438. The number of ether oxygens (including phenoxy) is 1. The second-order valence-electron chi connectivity index (χ2n) is 1.40. The molecule has 0 aromatic carbocycles. The Balaban J connectivity index is 2.54. The van der Waals surface area contributed by atoms with Gasteiger partial charge in [0.2, 0.25) is 0 Å². The normalized spacial score (nSPS) is 18.0. The molecule has 0 saturated heterocycles. The first-order valence-corrected chi connectivity index (χ1v) is 2.26.